The molecule has 1 aliphatic heterocycles. The van der Waals surface area contributed by atoms with E-state index in [9.17, 15) is 0 Å². The highest BCUT2D eigenvalue weighted by Crippen LogP contribution is 2.15. The molecule has 1 atom stereocenters. The van der Waals surface area contributed by atoms with E-state index in [1.807, 2.05) is 12.1 Å². The van der Waals surface area contributed by atoms with Crippen LogP contribution in [-0.2, 0) is 11.3 Å². The Morgan fingerprint density at radius 2 is 2.38 bits per heavy atom. The largest absolute Gasteiger partial charge is 0.375 e. The predicted octanol–water partition coefficient (Wildman–Crippen LogP) is 0.550. The molecular formula is C11H18N4O. The zero-order valence-corrected chi connectivity index (χ0v) is 9.59. The lowest BCUT2D eigenvalue weighted by Crippen LogP contribution is -2.42. The molecule has 2 rings (SSSR count). The normalized spacial score (nSPS) is 21.1. The van der Waals surface area contributed by atoms with E-state index in [1.165, 1.54) is 0 Å². The van der Waals surface area contributed by atoms with Crippen LogP contribution >= 0.6 is 0 Å². The van der Waals surface area contributed by atoms with Gasteiger partial charge in [-0.25, -0.2) is 0 Å². The topological polar surface area (TPSA) is 64.3 Å². The number of ether oxygens (including phenoxy) is 1. The van der Waals surface area contributed by atoms with E-state index in [1.54, 1.807) is 0 Å². The van der Waals surface area contributed by atoms with Crippen LogP contribution in [0.5, 0.6) is 0 Å². The lowest BCUT2D eigenvalue weighted by Gasteiger charge is -2.32. The fraction of sp³-hybridized carbons (Fsp3) is 0.636. The van der Waals surface area contributed by atoms with Crippen molar-refractivity contribution in [2.75, 3.05) is 24.6 Å². The fourth-order valence-electron chi connectivity index (χ4n) is 1.80. The van der Waals surface area contributed by atoms with Gasteiger partial charge in [0.1, 0.15) is 0 Å². The van der Waals surface area contributed by atoms with Crippen LogP contribution in [0, 0.1) is 0 Å². The summed E-state index contributed by atoms with van der Waals surface area (Å²) in [4.78, 5) is 2.21. The minimum Gasteiger partial charge on any atom is -0.375 e. The summed E-state index contributed by atoms with van der Waals surface area (Å²) in [5.41, 5.74) is 6.31. The van der Waals surface area contributed by atoms with Crippen LogP contribution in [0.1, 0.15) is 19.0 Å². The Labute approximate surface area is 95.6 Å². The number of aromatic nitrogens is 2. The van der Waals surface area contributed by atoms with Crippen molar-refractivity contribution in [3.8, 4) is 0 Å². The van der Waals surface area contributed by atoms with E-state index in [0.717, 1.165) is 37.6 Å². The number of hydrogen-bond donors (Lipinski definition) is 1. The first-order valence-corrected chi connectivity index (χ1v) is 5.72. The zero-order chi connectivity index (χ0) is 11.4. The molecule has 0 spiro atoms. The number of morpholine rings is 1. The van der Waals surface area contributed by atoms with Crippen molar-refractivity contribution in [2.45, 2.75) is 26.0 Å². The van der Waals surface area contributed by atoms with Crippen molar-refractivity contribution in [3.63, 3.8) is 0 Å². The van der Waals surface area contributed by atoms with Crippen LogP contribution in [-0.4, -0.2) is 36.0 Å². The summed E-state index contributed by atoms with van der Waals surface area (Å²) < 4.78 is 5.61. The van der Waals surface area contributed by atoms with Gasteiger partial charge in [0.25, 0.3) is 0 Å². The van der Waals surface area contributed by atoms with E-state index >= 15 is 0 Å². The van der Waals surface area contributed by atoms with Gasteiger partial charge in [0, 0.05) is 19.6 Å². The molecule has 16 heavy (non-hydrogen) atoms. The highest BCUT2D eigenvalue weighted by atomic mass is 16.5. The second-order valence-electron chi connectivity index (χ2n) is 3.93. The van der Waals surface area contributed by atoms with Crippen LogP contribution in [0.15, 0.2) is 12.1 Å². The summed E-state index contributed by atoms with van der Waals surface area (Å²) >= 11 is 0. The third-order valence-electron chi connectivity index (χ3n) is 2.83. The number of nitrogens with zero attached hydrogens (tertiary/aromatic N) is 3. The van der Waals surface area contributed by atoms with Gasteiger partial charge in [-0.3, -0.25) is 0 Å². The second-order valence-corrected chi connectivity index (χ2v) is 3.93. The van der Waals surface area contributed by atoms with Gasteiger partial charge in [0.2, 0.25) is 0 Å². The molecule has 0 aliphatic carbocycles. The monoisotopic (exact) mass is 222 g/mol. The van der Waals surface area contributed by atoms with Crippen molar-refractivity contribution in [3.05, 3.63) is 17.8 Å². The fourth-order valence-corrected chi connectivity index (χ4v) is 1.80. The summed E-state index contributed by atoms with van der Waals surface area (Å²) in [6.45, 7) is 5.12. The minimum atomic E-state index is 0.310. The van der Waals surface area contributed by atoms with Gasteiger partial charge in [-0.15, -0.1) is 5.10 Å². The summed E-state index contributed by atoms with van der Waals surface area (Å²) in [6.07, 6.45) is 1.34. The molecule has 1 unspecified atom stereocenters. The molecular weight excluding hydrogens is 204 g/mol. The summed E-state index contributed by atoms with van der Waals surface area (Å²) in [6, 6.07) is 3.91. The number of hydrogen-bond acceptors (Lipinski definition) is 5. The minimum absolute atomic E-state index is 0.310. The SMILES string of the molecule is CCC1CN(c2ccc(CN)nn2)CCO1. The highest BCUT2D eigenvalue weighted by Gasteiger charge is 2.20. The van der Waals surface area contributed by atoms with Gasteiger partial charge in [0.15, 0.2) is 5.82 Å². The van der Waals surface area contributed by atoms with Crippen molar-refractivity contribution in [1.82, 2.24) is 10.2 Å². The first kappa shape index (κ1) is 11.3. The van der Waals surface area contributed by atoms with Crippen LogP contribution in [0.4, 0.5) is 5.82 Å². The lowest BCUT2D eigenvalue weighted by atomic mass is 10.2. The molecule has 88 valence electrons. The van der Waals surface area contributed by atoms with Crippen molar-refractivity contribution < 1.29 is 4.74 Å². The molecule has 0 radical (unpaired) electrons. The first-order chi connectivity index (χ1) is 7.83. The van der Waals surface area contributed by atoms with E-state index in [2.05, 4.69) is 22.0 Å². The van der Waals surface area contributed by atoms with Crippen LogP contribution in [0.3, 0.4) is 0 Å². The standard InChI is InChI=1S/C11H18N4O/c1-2-10-8-15(5-6-16-10)11-4-3-9(7-12)13-14-11/h3-4,10H,2,5-8,12H2,1H3. The molecule has 5 heteroatoms. The van der Waals surface area contributed by atoms with Crippen LogP contribution < -0.4 is 10.6 Å². The maximum Gasteiger partial charge on any atom is 0.151 e. The second kappa shape index (κ2) is 5.23. The molecule has 1 fully saturated rings. The molecule has 5 nitrogen and oxygen atoms in total. The number of nitrogens with two attached hydrogens (primary N) is 1. The van der Waals surface area contributed by atoms with Gasteiger partial charge < -0.3 is 15.4 Å². The molecule has 1 aliphatic rings. The number of rotatable bonds is 3. The summed E-state index contributed by atoms with van der Waals surface area (Å²) in [5.74, 6) is 0.916. The van der Waals surface area contributed by atoms with E-state index in [-0.39, 0.29) is 0 Å². The van der Waals surface area contributed by atoms with E-state index in [0.29, 0.717) is 12.6 Å². The third-order valence-corrected chi connectivity index (χ3v) is 2.83. The Morgan fingerprint density at radius 1 is 1.50 bits per heavy atom. The molecule has 2 N–H and O–H groups in total. The van der Waals surface area contributed by atoms with Gasteiger partial charge in [-0.2, -0.15) is 5.10 Å². The molecule has 1 aromatic heterocycles. The van der Waals surface area contributed by atoms with Crippen molar-refractivity contribution in [2.24, 2.45) is 5.73 Å². The Hall–Kier alpha value is -1.20. The Morgan fingerprint density at radius 3 is 3.00 bits per heavy atom. The molecule has 0 saturated carbocycles. The Balaban J connectivity index is 2.05. The Kier molecular flexibility index (Phi) is 3.69. The van der Waals surface area contributed by atoms with Crippen LogP contribution in [0.25, 0.3) is 0 Å². The van der Waals surface area contributed by atoms with Crippen LogP contribution in [0.2, 0.25) is 0 Å². The summed E-state index contributed by atoms with van der Waals surface area (Å²) in [7, 11) is 0. The third kappa shape index (κ3) is 2.48. The molecule has 0 aromatic carbocycles. The maximum atomic E-state index is 5.61. The van der Waals surface area contributed by atoms with Gasteiger partial charge >= 0.3 is 0 Å². The molecule has 0 amide bonds. The molecule has 2 heterocycles. The Bertz CT molecular complexity index is 327. The predicted molar refractivity (Wildman–Crippen MR) is 62.2 cm³/mol. The van der Waals surface area contributed by atoms with E-state index in [4.69, 9.17) is 10.5 Å². The highest BCUT2D eigenvalue weighted by molar-refractivity contribution is 5.37. The molecule has 1 saturated heterocycles. The van der Waals surface area contributed by atoms with Crippen molar-refractivity contribution in [1.29, 1.82) is 0 Å². The maximum absolute atomic E-state index is 5.61. The average molecular weight is 222 g/mol. The molecule has 0 bridgehead atoms. The smallest absolute Gasteiger partial charge is 0.151 e. The zero-order valence-electron chi connectivity index (χ0n) is 9.59. The average Bonchev–Trinajstić information content (AvgIpc) is 2.39. The van der Waals surface area contributed by atoms with Gasteiger partial charge in [0.05, 0.1) is 18.4 Å². The van der Waals surface area contributed by atoms with Gasteiger partial charge in [-0.05, 0) is 18.6 Å². The lowest BCUT2D eigenvalue weighted by molar-refractivity contribution is 0.0381. The van der Waals surface area contributed by atoms with Crippen molar-refractivity contribution >= 4 is 5.82 Å². The summed E-state index contributed by atoms with van der Waals surface area (Å²) in [5, 5.41) is 8.25. The number of anilines is 1. The molecule has 1 aromatic rings. The first-order valence-electron chi connectivity index (χ1n) is 5.72. The van der Waals surface area contributed by atoms with Gasteiger partial charge in [-0.1, -0.05) is 6.92 Å². The quantitative estimate of drug-likeness (QED) is 0.809. The van der Waals surface area contributed by atoms with E-state index < -0.39 is 0 Å².